The molecule has 1 unspecified atom stereocenters. The van der Waals surface area contributed by atoms with Crippen LogP contribution in [0.25, 0.3) is 5.57 Å². The number of hydrogen-bond donors (Lipinski definition) is 0. The summed E-state index contributed by atoms with van der Waals surface area (Å²) >= 11 is 12.3. The lowest BCUT2D eigenvalue weighted by Crippen LogP contribution is -2.09. The Morgan fingerprint density at radius 2 is 1.72 bits per heavy atom. The van der Waals surface area contributed by atoms with Gasteiger partial charge in [-0.3, -0.25) is 0 Å². The molecular formula is C30H30Cl2N2O5. The molecule has 0 spiro atoms. The van der Waals surface area contributed by atoms with Gasteiger partial charge in [0.25, 0.3) is 0 Å². The van der Waals surface area contributed by atoms with E-state index in [0.717, 1.165) is 35.1 Å². The number of halogens is 2. The van der Waals surface area contributed by atoms with Crippen molar-refractivity contribution in [3.8, 4) is 0 Å². The number of rotatable bonds is 12. The highest BCUT2D eigenvalue weighted by Crippen LogP contribution is 2.28. The average Bonchev–Trinajstić information content (AvgIpc) is 2.95. The zero-order valence-electron chi connectivity index (χ0n) is 22.2. The second kappa shape index (κ2) is 15.0. The zero-order chi connectivity index (χ0) is 28.2. The minimum absolute atomic E-state index is 0.273. The number of oxime groups is 2. The third-order valence-electron chi connectivity index (χ3n) is 5.86. The molecule has 1 atom stereocenters. The van der Waals surface area contributed by atoms with E-state index < -0.39 is 12.1 Å². The van der Waals surface area contributed by atoms with Gasteiger partial charge in [-0.2, -0.15) is 0 Å². The fraction of sp³-hybridized carbons (Fsp3) is 0.233. The average molecular weight is 569 g/mol. The summed E-state index contributed by atoms with van der Waals surface area (Å²) in [6.07, 6.45) is 3.95. The van der Waals surface area contributed by atoms with Crippen LogP contribution in [0.2, 0.25) is 10.0 Å². The second-order valence-corrected chi connectivity index (χ2v) is 9.26. The maximum absolute atomic E-state index is 12.3. The Labute approximate surface area is 238 Å². The molecule has 0 heterocycles. The van der Waals surface area contributed by atoms with Crippen molar-refractivity contribution in [2.75, 3.05) is 21.3 Å². The minimum Gasteiger partial charge on any atom is -0.503 e. The van der Waals surface area contributed by atoms with Crippen molar-refractivity contribution in [3.05, 3.63) is 111 Å². The minimum atomic E-state index is -0.519. The van der Waals surface area contributed by atoms with Crippen LogP contribution < -0.4 is 0 Å². The normalized spacial score (nSPS) is 12.8. The van der Waals surface area contributed by atoms with Crippen molar-refractivity contribution in [1.82, 2.24) is 0 Å². The van der Waals surface area contributed by atoms with Gasteiger partial charge in [0.2, 0.25) is 0 Å². The van der Waals surface area contributed by atoms with Gasteiger partial charge in [0, 0.05) is 21.2 Å². The Kier molecular flexibility index (Phi) is 11.4. The van der Waals surface area contributed by atoms with Gasteiger partial charge in [0.1, 0.15) is 24.5 Å². The van der Waals surface area contributed by atoms with Crippen LogP contribution in [0, 0.1) is 0 Å². The van der Waals surface area contributed by atoms with Crippen LogP contribution in [0.15, 0.2) is 83.3 Å². The molecular weight excluding hydrogens is 539 g/mol. The Morgan fingerprint density at radius 3 is 2.38 bits per heavy atom. The van der Waals surface area contributed by atoms with Crippen LogP contribution in [-0.4, -0.2) is 39.2 Å². The van der Waals surface area contributed by atoms with Crippen molar-refractivity contribution in [3.63, 3.8) is 0 Å². The third kappa shape index (κ3) is 8.34. The van der Waals surface area contributed by atoms with Crippen LogP contribution in [0.3, 0.4) is 0 Å². The summed E-state index contributed by atoms with van der Waals surface area (Å²) in [7, 11) is 4.25. The molecule has 204 valence electrons. The third-order valence-corrected chi connectivity index (χ3v) is 6.45. The smallest absolute Gasteiger partial charge is 0.341 e. The lowest BCUT2D eigenvalue weighted by Gasteiger charge is -2.16. The molecule has 0 bridgehead atoms. The van der Waals surface area contributed by atoms with E-state index in [1.54, 1.807) is 12.1 Å². The van der Waals surface area contributed by atoms with E-state index in [9.17, 15) is 4.79 Å². The molecule has 3 aromatic carbocycles. The van der Waals surface area contributed by atoms with Gasteiger partial charge in [0.05, 0.1) is 26.7 Å². The molecule has 0 aromatic heterocycles. The molecule has 0 saturated carbocycles. The fourth-order valence-electron chi connectivity index (χ4n) is 3.87. The van der Waals surface area contributed by atoms with Gasteiger partial charge in [0.15, 0.2) is 0 Å². The number of methoxy groups -OCH3 is 2. The molecule has 7 nitrogen and oxygen atoms in total. The highest BCUT2D eigenvalue weighted by atomic mass is 35.5. The Bertz CT molecular complexity index is 1350. The number of carbonyl (C=O) groups is 1. The van der Waals surface area contributed by atoms with Gasteiger partial charge in [-0.25, -0.2) is 4.79 Å². The molecule has 0 aliphatic rings. The van der Waals surface area contributed by atoms with Crippen molar-refractivity contribution >= 4 is 46.7 Å². The largest absolute Gasteiger partial charge is 0.503 e. The van der Waals surface area contributed by atoms with Crippen LogP contribution in [0.1, 0.15) is 40.8 Å². The highest BCUT2D eigenvalue weighted by molar-refractivity contribution is 6.38. The Morgan fingerprint density at radius 1 is 0.974 bits per heavy atom. The summed E-state index contributed by atoms with van der Waals surface area (Å²) in [6.45, 7) is 1.83. The van der Waals surface area contributed by atoms with E-state index in [1.807, 2.05) is 61.5 Å². The molecule has 0 amide bonds. The first-order valence-electron chi connectivity index (χ1n) is 12.1. The summed E-state index contributed by atoms with van der Waals surface area (Å²) in [5.74, 6) is -0.519. The van der Waals surface area contributed by atoms with E-state index in [0.29, 0.717) is 21.3 Å². The number of nitrogens with zero attached hydrogens (tertiary/aromatic N) is 2. The lowest BCUT2D eigenvalue weighted by molar-refractivity contribution is -0.133. The van der Waals surface area contributed by atoms with E-state index in [-0.39, 0.29) is 5.57 Å². The van der Waals surface area contributed by atoms with Crippen molar-refractivity contribution in [2.24, 2.45) is 10.3 Å². The first-order chi connectivity index (χ1) is 18.9. The summed E-state index contributed by atoms with van der Waals surface area (Å²) in [5, 5.41) is 9.51. The first kappa shape index (κ1) is 29.7. The van der Waals surface area contributed by atoms with Gasteiger partial charge in [-0.1, -0.05) is 88.1 Å². The van der Waals surface area contributed by atoms with Gasteiger partial charge < -0.3 is 19.1 Å². The number of aryl methyl sites for hydroxylation is 2. The monoisotopic (exact) mass is 568 g/mol. The quantitative estimate of drug-likeness (QED) is 0.0768. The molecule has 3 rings (SSSR count). The van der Waals surface area contributed by atoms with Crippen molar-refractivity contribution in [2.45, 2.75) is 25.9 Å². The summed E-state index contributed by atoms with van der Waals surface area (Å²) in [4.78, 5) is 23.0. The standard InChI is InChI=1S/C30H30Cl2N2O5/c1-20(25-7-5-6-8-26(25)27(19-36-2)30(35)37-3)39-33-18-29(34-38-4)23-13-10-21(11-14-23)9-12-22-15-16-24(31)17-28(22)32/h5-8,10-11,13-20H,9,12H2,1-4H3. The van der Waals surface area contributed by atoms with E-state index >= 15 is 0 Å². The Balaban J connectivity index is 1.70. The van der Waals surface area contributed by atoms with Crippen LogP contribution in [-0.2, 0) is 36.8 Å². The lowest BCUT2D eigenvalue weighted by atomic mass is 9.97. The van der Waals surface area contributed by atoms with E-state index in [2.05, 4.69) is 10.3 Å². The summed E-state index contributed by atoms with van der Waals surface area (Å²) < 4.78 is 9.99. The molecule has 0 saturated heterocycles. The Hall–Kier alpha value is -3.81. The van der Waals surface area contributed by atoms with Gasteiger partial charge in [-0.15, -0.1) is 0 Å². The second-order valence-electron chi connectivity index (χ2n) is 8.42. The van der Waals surface area contributed by atoms with Crippen molar-refractivity contribution < 1.29 is 23.9 Å². The zero-order valence-corrected chi connectivity index (χ0v) is 23.7. The number of carbonyl (C=O) groups excluding carboxylic acids is 1. The molecule has 0 aliphatic heterocycles. The van der Waals surface area contributed by atoms with Crippen LogP contribution in [0.5, 0.6) is 0 Å². The molecule has 3 aromatic rings. The van der Waals surface area contributed by atoms with Crippen LogP contribution >= 0.6 is 23.2 Å². The maximum Gasteiger partial charge on any atom is 0.341 e. The van der Waals surface area contributed by atoms with Crippen molar-refractivity contribution in [1.29, 1.82) is 0 Å². The first-order valence-corrected chi connectivity index (χ1v) is 12.9. The number of esters is 1. The molecule has 0 aliphatic carbocycles. The van der Waals surface area contributed by atoms with E-state index in [4.69, 9.17) is 42.4 Å². The topological polar surface area (TPSA) is 78.7 Å². The highest BCUT2D eigenvalue weighted by Gasteiger charge is 2.20. The number of ether oxygens (including phenoxy) is 2. The van der Waals surface area contributed by atoms with Gasteiger partial charge in [-0.05, 0) is 48.6 Å². The number of hydrogen-bond acceptors (Lipinski definition) is 7. The molecule has 0 N–H and O–H groups in total. The molecule has 9 heteroatoms. The van der Waals surface area contributed by atoms with Crippen LogP contribution in [0.4, 0.5) is 0 Å². The van der Waals surface area contributed by atoms with E-state index in [1.165, 1.54) is 33.8 Å². The maximum atomic E-state index is 12.3. The summed E-state index contributed by atoms with van der Waals surface area (Å²) in [5.41, 5.74) is 5.11. The molecule has 0 fully saturated rings. The molecule has 0 radical (unpaired) electrons. The molecule has 39 heavy (non-hydrogen) atoms. The predicted molar refractivity (Wildman–Crippen MR) is 155 cm³/mol. The predicted octanol–water partition coefficient (Wildman–Crippen LogP) is 7.05. The number of benzene rings is 3. The summed E-state index contributed by atoms with van der Waals surface area (Å²) in [6, 6.07) is 20.8. The van der Waals surface area contributed by atoms with Gasteiger partial charge >= 0.3 is 5.97 Å². The fourth-order valence-corrected chi connectivity index (χ4v) is 4.37. The SMILES string of the molecule is COC=C(C(=O)OC)c1ccccc1C(C)ON=CC(=NOC)c1ccc(CCc2ccc(Cl)cc2Cl)cc1.